The number of nitrogens with one attached hydrogen (secondary N) is 2. The van der Waals surface area contributed by atoms with Gasteiger partial charge in [0.05, 0.1) is 5.56 Å². The molecule has 35 heavy (non-hydrogen) atoms. The Balaban J connectivity index is 1.40. The fraction of sp³-hybridized carbons (Fsp3) is 0.222. The van der Waals surface area contributed by atoms with Crippen LogP contribution in [0.4, 0.5) is 14.9 Å². The van der Waals surface area contributed by atoms with Crippen molar-refractivity contribution in [3.63, 3.8) is 0 Å². The van der Waals surface area contributed by atoms with Crippen molar-refractivity contribution < 1.29 is 28.6 Å². The minimum atomic E-state index is -1.40. The number of aromatic carboxylic acids is 1. The molecule has 1 atom stereocenters. The van der Waals surface area contributed by atoms with Gasteiger partial charge in [-0.1, -0.05) is 61.9 Å². The average Bonchev–Trinajstić information content (AvgIpc) is 3.16. The van der Waals surface area contributed by atoms with Crippen molar-refractivity contribution in [3.8, 4) is 11.1 Å². The number of carboxylic acids is 1. The molecule has 2 amide bonds. The fourth-order valence-corrected chi connectivity index (χ4v) is 4.34. The predicted molar refractivity (Wildman–Crippen MR) is 129 cm³/mol. The van der Waals surface area contributed by atoms with Crippen molar-refractivity contribution in [1.29, 1.82) is 0 Å². The summed E-state index contributed by atoms with van der Waals surface area (Å²) in [6.45, 7) is 1.98. The molecule has 0 unspecified atom stereocenters. The highest BCUT2D eigenvalue weighted by Crippen LogP contribution is 2.44. The third-order valence-electron chi connectivity index (χ3n) is 6.00. The number of carbonyl (C=O) groups is 3. The molecule has 0 fully saturated rings. The van der Waals surface area contributed by atoms with Crippen LogP contribution in [0, 0.1) is 5.82 Å². The van der Waals surface area contributed by atoms with E-state index in [2.05, 4.69) is 10.6 Å². The van der Waals surface area contributed by atoms with Crippen molar-refractivity contribution in [1.82, 2.24) is 5.32 Å². The first-order chi connectivity index (χ1) is 16.9. The Kier molecular flexibility index (Phi) is 7.10. The van der Waals surface area contributed by atoms with Gasteiger partial charge in [0.25, 0.3) is 0 Å². The smallest absolute Gasteiger partial charge is 0.407 e. The molecular formula is C27H25FN2O5. The fourth-order valence-electron chi connectivity index (χ4n) is 4.34. The Bertz CT molecular complexity index is 1230. The van der Waals surface area contributed by atoms with E-state index in [9.17, 15) is 18.8 Å². The molecule has 0 saturated carbocycles. The summed E-state index contributed by atoms with van der Waals surface area (Å²) in [7, 11) is 0. The number of alkyl carbamates (subject to hydrolysis) is 1. The third kappa shape index (κ3) is 5.16. The van der Waals surface area contributed by atoms with Crippen molar-refractivity contribution in [2.75, 3.05) is 11.9 Å². The zero-order valence-corrected chi connectivity index (χ0v) is 19.1. The minimum absolute atomic E-state index is 0.0907. The molecule has 0 aliphatic heterocycles. The van der Waals surface area contributed by atoms with E-state index in [1.54, 1.807) is 0 Å². The lowest BCUT2D eigenvalue weighted by Gasteiger charge is -2.19. The number of carboxylic acid groups (broad SMARTS) is 1. The van der Waals surface area contributed by atoms with E-state index in [0.29, 0.717) is 12.8 Å². The molecule has 3 N–H and O–H groups in total. The average molecular weight is 477 g/mol. The lowest BCUT2D eigenvalue weighted by molar-refractivity contribution is -0.118. The molecule has 180 valence electrons. The highest BCUT2D eigenvalue weighted by atomic mass is 19.1. The molecule has 0 spiro atoms. The SMILES string of the molecule is CCC[C@H](NC(=O)OCC1c2ccccc2-c2ccccc21)C(=O)Nc1ccc(C(=O)O)c(F)c1. The first-order valence-corrected chi connectivity index (χ1v) is 11.3. The van der Waals surface area contributed by atoms with Crippen LogP contribution in [0.1, 0.15) is 47.2 Å². The Labute approximate surface area is 201 Å². The van der Waals surface area contributed by atoms with Crippen LogP contribution in [0.5, 0.6) is 0 Å². The van der Waals surface area contributed by atoms with Gasteiger partial charge in [-0.05, 0) is 46.9 Å². The van der Waals surface area contributed by atoms with Crippen molar-refractivity contribution in [2.24, 2.45) is 0 Å². The summed E-state index contributed by atoms with van der Waals surface area (Å²) >= 11 is 0. The van der Waals surface area contributed by atoms with Crippen LogP contribution < -0.4 is 10.6 Å². The van der Waals surface area contributed by atoms with Gasteiger partial charge < -0.3 is 20.5 Å². The Morgan fingerprint density at radius 2 is 1.63 bits per heavy atom. The molecular weight excluding hydrogens is 451 g/mol. The summed E-state index contributed by atoms with van der Waals surface area (Å²) in [5, 5.41) is 14.1. The van der Waals surface area contributed by atoms with E-state index in [1.807, 2.05) is 55.5 Å². The number of halogens is 1. The lowest BCUT2D eigenvalue weighted by atomic mass is 9.98. The van der Waals surface area contributed by atoms with Gasteiger partial charge in [0.1, 0.15) is 18.5 Å². The quantitative estimate of drug-likeness (QED) is 0.416. The molecule has 7 nitrogen and oxygen atoms in total. The molecule has 1 aliphatic carbocycles. The number of carbonyl (C=O) groups excluding carboxylic acids is 2. The maximum atomic E-state index is 13.9. The molecule has 3 aromatic rings. The van der Waals surface area contributed by atoms with Crippen LogP contribution in [-0.2, 0) is 9.53 Å². The zero-order chi connectivity index (χ0) is 24.9. The van der Waals surface area contributed by atoms with Gasteiger partial charge in [-0.25, -0.2) is 14.0 Å². The molecule has 0 heterocycles. The molecule has 0 radical (unpaired) electrons. The van der Waals surface area contributed by atoms with E-state index >= 15 is 0 Å². The topological polar surface area (TPSA) is 105 Å². The normalized spacial score (nSPS) is 12.9. The van der Waals surface area contributed by atoms with E-state index < -0.39 is 35.4 Å². The van der Waals surface area contributed by atoms with Crippen LogP contribution >= 0.6 is 0 Å². The van der Waals surface area contributed by atoms with Crippen LogP contribution in [0.25, 0.3) is 11.1 Å². The lowest BCUT2D eigenvalue weighted by Crippen LogP contribution is -2.44. The molecule has 8 heteroatoms. The summed E-state index contributed by atoms with van der Waals surface area (Å²) < 4.78 is 19.5. The number of ether oxygens (including phenoxy) is 1. The highest BCUT2D eigenvalue weighted by Gasteiger charge is 2.29. The molecule has 0 aromatic heterocycles. The molecule has 1 aliphatic rings. The van der Waals surface area contributed by atoms with Gasteiger partial charge in [0, 0.05) is 11.6 Å². The van der Waals surface area contributed by atoms with E-state index in [-0.39, 0.29) is 18.2 Å². The summed E-state index contributed by atoms with van der Waals surface area (Å²) in [6, 6.07) is 18.4. The van der Waals surface area contributed by atoms with Gasteiger partial charge in [0.15, 0.2) is 0 Å². The number of hydrogen-bond acceptors (Lipinski definition) is 4. The molecule has 3 aromatic carbocycles. The Morgan fingerprint density at radius 3 is 2.20 bits per heavy atom. The monoisotopic (exact) mass is 476 g/mol. The van der Waals surface area contributed by atoms with Crippen LogP contribution in [0.15, 0.2) is 66.7 Å². The van der Waals surface area contributed by atoms with Gasteiger partial charge in [0.2, 0.25) is 5.91 Å². The number of benzene rings is 3. The first kappa shape index (κ1) is 23.9. The number of rotatable bonds is 8. The Hall–Kier alpha value is -4.20. The number of anilines is 1. The van der Waals surface area contributed by atoms with E-state index in [1.165, 1.54) is 6.07 Å². The first-order valence-electron chi connectivity index (χ1n) is 11.3. The number of amides is 2. The second-order valence-corrected chi connectivity index (χ2v) is 8.30. The van der Waals surface area contributed by atoms with E-state index in [4.69, 9.17) is 9.84 Å². The Morgan fingerprint density at radius 1 is 1.00 bits per heavy atom. The summed E-state index contributed by atoms with van der Waals surface area (Å²) in [5.41, 5.74) is 3.98. The molecule has 0 bridgehead atoms. The number of hydrogen-bond donors (Lipinski definition) is 3. The summed E-state index contributed by atoms with van der Waals surface area (Å²) in [5.74, 6) is -3.03. The standard InChI is InChI=1S/C27H25FN2O5/c1-2-7-24(25(31)29-16-12-13-21(26(32)33)23(28)14-16)30-27(34)35-15-22-19-10-5-3-8-17(19)18-9-4-6-11-20(18)22/h3-6,8-14,22,24H,2,7,15H2,1H3,(H,29,31)(H,30,34)(H,32,33)/t24-/m0/s1. The molecule has 4 rings (SSSR count). The maximum absolute atomic E-state index is 13.9. The predicted octanol–water partition coefficient (Wildman–Crippen LogP) is 5.17. The van der Waals surface area contributed by atoms with Crippen LogP contribution in [0.2, 0.25) is 0 Å². The second kappa shape index (κ2) is 10.4. The number of fused-ring (bicyclic) bond motifs is 3. The van der Waals surface area contributed by atoms with Gasteiger partial charge in [-0.3, -0.25) is 4.79 Å². The van der Waals surface area contributed by atoms with E-state index in [0.717, 1.165) is 34.4 Å². The van der Waals surface area contributed by atoms with Crippen LogP contribution in [-0.4, -0.2) is 35.7 Å². The van der Waals surface area contributed by atoms with Crippen molar-refractivity contribution in [2.45, 2.75) is 31.7 Å². The summed E-state index contributed by atoms with van der Waals surface area (Å²) in [4.78, 5) is 36.3. The van der Waals surface area contributed by atoms with Crippen molar-refractivity contribution >= 4 is 23.7 Å². The summed E-state index contributed by atoms with van der Waals surface area (Å²) in [6.07, 6.45) is 0.215. The van der Waals surface area contributed by atoms with Gasteiger partial charge in [-0.15, -0.1) is 0 Å². The zero-order valence-electron chi connectivity index (χ0n) is 19.1. The van der Waals surface area contributed by atoms with Gasteiger partial charge >= 0.3 is 12.1 Å². The molecule has 0 saturated heterocycles. The van der Waals surface area contributed by atoms with Crippen LogP contribution in [0.3, 0.4) is 0 Å². The second-order valence-electron chi connectivity index (χ2n) is 8.30. The van der Waals surface area contributed by atoms with Gasteiger partial charge in [-0.2, -0.15) is 0 Å². The third-order valence-corrected chi connectivity index (χ3v) is 6.00. The van der Waals surface area contributed by atoms with Crippen molar-refractivity contribution in [3.05, 3.63) is 89.2 Å². The highest BCUT2D eigenvalue weighted by molar-refractivity contribution is 5.97. The maximum Gasteiger partial charge on any atom is 0.407 e. The largest absolute Gasteiger partial charge is 0.478 e. The minimum Gasteiger partial charge on any atom is -0.478 e.